The van der Waals surface area contributed by atoms with E-state index in [-0.39, 0.29) is 30.1 Å². The summed E-state index contributed by atoms with van der Waals surface area (Å²) in [4.78, 5) is 38.3. The Morgan fingerprint density at radius 2 is 2.23 bits per heavy atom. The number of rotatable bonds is 6. The van der Waals surface area contributed by atoms with Gasteiger partial charge in [-0.3, -0.25) is 24.3 Å². The molecule has 2 rings (SSSR count). The Labute approximate surface area is 124 Å². The minimum Gasteiger partial charge on any atom is -0.407 e. The lowest BCUT2D eigenvalue weighted by Gasteiger charge is -2.13. The Morgan fingerprint density at radius 3 is 2.86 bits per heavy atom. The number of amides is 1. The predicted octanol–water partition coefficient (Wildman–Crippen LogP) is 1.30. The smallest absolute Gasteiger partial charge is 0.407 e. The summed E-state index contributed by atoms with van der Waals surface area (Å²) >= 11 is 0. The zero-order valence-corrected chi connectivity index (χ0v) is 12.1. The lowest BCUT2D eigenvalue weighted by atomic mass is 10.2. The van der Waals surface area contributed by atoms with Crippen molar-refractivity contribution in [3.63, 3.8) is 0 Å². The van der Waals surface area contributed by atoms with Gasteiger partial charge >= 0.3 is 5.76 Å². The summed E-state index contributed by atoms with van der Waals surface area (Å²) in [5.74, 6) is -0.818. The van der Waals surface area contributed by atoms with E-state index < -0.39 is 10.7 Å². The zero-order chi connectivity index (χ0) is 16.3. The number of carbonyl (C=O) groups excluding carboxylic acids is 1. The monoisotopic (exact) mass is 309 g/mol. The molecule has 9 heteroatoms. The molecular weight excluding hydrogens is 294 g/mol. The molecular formula is C13H15N3O6. The SMILES string of the molecule is CON(C)C(=O)CCCn1c(=O)oc2cc([N+](=O)[O-])ccc21. The fourth-order valence-electron chi connectivity index (χ4n) is 2.03. The minimum atomic E-state index is -0.608. The Kier molecular flexibility index (Phi) is 4.56. The van der Waals surface area contributed by atoms with Gasteiger partial charge in [-0.25, -0.2) is 9.86 Å². The summed E-state index contributed by atoms with van der Waals surface area (Å²) in [5, 5.41) is 11.8. The van der Waals surface area contributed by atoms with Crippen molar-refractivity contribution >= 4 is 22.7 Å². The largest absolute Gasteiger partial charge is 0.419 e. The third kappa shape index (κ3) is 3.14. The van der Waals surface area contributed by atoms with Gasteiger partial charge in [-0.2, -0.15) is 0 Å². The molecule has 1 aromatic carbocycles. The lowest BCUT2D eigenvalue weighted by Crippen LogP contribution is -2.25. The average Bonchev–Trinajstić information content (AvgIpc) is 2.81. The van der Waals surface area contributed by atoms with E-state index in [2.05, 4.69) is 0 Å². The molecule has 0 spiro atoms. The molecule has 1 heterocycles. The third-order valence-corrected chi connectivity index (χ3v) is 3.26. The van der Waals surface area contributed by atoms with Crippen LogP contribution < -0.4 is 5.76 Å². The van der Waals surface area contributed by atoms with Gasteiger partial charge in [0, 0.05) is 26.1 Å². The van der Waals surface area contributed by atoms with Crippen LogP contribution in [-0.4, -0.2) is 34.6 Å². The fraction of sp³-hybridized carbons (Fsp3) is 0.385. The van der Waals surface area contributed by atoms with Crippen LogP contribution in [0.3, 0.4) is 0 Å². The molecule has 0 aliphatic carbocycles. The summed E-state index contributed by atoms with van der Waals surface area (Å²) in [6.45, 7) is 0.271. The highest BCUT2D eigenvalue weighted by Gasteiger charge is 2.14. The first-order chi connectivity index (χ1) is 10.4. The predicted molar refractivity (Wildman–Crippen MR) is 76.1 cm³/mol. The number of fused-ring (bicyclic) bond motifs is 1. The van der Waals surface area contributed by atoms with E-state index in [9.17, 15) is 19.7 Å². The topological polar surface area (TPSA) is 108 Å². The third-order valence-electron chi connectivity index (χ3n) is 3.26. The molecule has 0 saturated heterocycles. The van der Waals surface area contributed by atoms with E-state index in [0.717, 1.165) is 5.06 Å². The van der Waals surface area contributed by atoms with E-state index in [0.29, 0.717) is 11.9 Å². The second kappa shape index (κ2) is 6.39. The van der Waals surface area contributed by atoms with Gasteiger partial charge in [0.05, 0.1) is 23.6 Å². The van der Waals surface area contributed by atoms with Crippen LogP contribution in [0.4, 0.5) is 5.69 Å². The maximum absolute atomic E-state index is 11.8. The Balaban J connectivity index is 2.15. The van der Waals surface area contributed by atoms with E-state index in [1.54, 1.807) is 0 Å². The Bertz CT molecular complexity index is 763. The van der Waals surface area contributed by atoms with Gasteiger partial charge in [0.1, 0.15) is 0 Å². The molecule has 0 fully saturated rings. The molecule has 0 aliphatic rings. The van der Waals surface area contributed by atoms with Gasteiger partial charge in [-0.05, 0) is 12.5 Å². The number of nitro benzene ring substituents is 1. The van der Waals surface area contributed by atoms with Crippen LogP contribution in [0.1, 0.15) is 12.8 Å². The van der Waals surface area contributed by atoms with Gasteiger partial charge in [0.2, 0.25) is 5.91 Å². The highest BCUT2D eigenvalue weighted by molar-refractivity contribution is 5.76. The normalized spacial score (nSPS) is 10.8. The number of benzene rings is 1. The standard InChI is InChI=1S/C13H15N3O6/c1-14(21-2)12(17)4-3-7-15-10-6-5-9(16(19)20)8-11(10)22-13(15)18/h5-6,8H,3-4,7H2,1-2H3. The number of non-ortho nitro benzene ring substituents is 1. The van der Waals surface area contributed by atoms with Gasteiger partial charge in [-0.1, -0.05) is 0 Å². The fourth-order valence-corrected chi connectivity index (χ4v) is 2.03. The molecule has 0 bridgehead atoms. The minimum absolute atomic E-state index is 0.148. The number of hydrogen-bond acceptors (Lipinski definition) is 6. The van der Waals surface area contributed by atoms with Crippen molar-refractivity contribution in [2.45, 2.75) is 19.4 Å². The number of hydroxylamine groups is 2. The Morgan fingerprint density at radius 1 is 1.50 bits per heavy atom. The molecule has 118 valence electrons. The number of aromatic nitrogens is 1. The van der Waals surface area contributed by atoms with E-state index in [1.807, 2.05) is 0 Å². The number of carbonyl (C=O) groups is 1. The highest BCUT2D eigenvalue weighted by Crippen LogP contribution is 2.20. The summed E-state index contributed by atoms with van der Waals surface area (Å²) < 4.78 is 6.35. The van der Waals surface area contributed by atoms with Crippen LogP contribution in [0, 0.1) is 10.1 Å². The summed E-state index contributed by atoms with van der Waals surface area (Å²) in [6.07, 6.45) is 0.620. The van der Waals surface area contributed by atoms with E-state index in [4.69, 9.17) is 9.25 Å². The first-order valence-electron chi connectivity index (χ1n) is 6.52. The van der Waals surface area contributed by atoms with E-state index in [1.165, 1.54) is 36.9 Å². The Hall–Kier alpha value is -2.68. The highest BCUT2D eigenvalue weighted by atomic mass is 16.7. The van der Waals surface area contributed by atoms with Gasteiger partial charge in [-0.15, -0.1) is 0 Å². The number of aryl methyl sites for hydroxylation is 1. The van der Waals surface area contributed by atoms with Crippen molar-refractivity contribution in [2.24, 2.45) is 0 Å². The number of hydrogen-bond donors (Lipinski definition) is 0. The van der Waals surface area contributed by atoms with Crippen molar-refractivity contribution in [3.05, 3.63) is 38.9 Å². The molecule has 0 radical (unpaired) electrons. The van der Waals surface area contributed by atoms with Crippen LogP contribution in [0.15, 0.2) is 27.4 Å². The van der Waals surface area contributed by atoms with Crippen molar-refractivity contribution in [1.29, 1.82) is 0 Å². The van der Waals surface area contributed by atoms with Crippen LogP contribution in [0.2, 0.25) is 0 Å². The summed E-state index contributed by atoms with van der Waals surface area (Å²) in [7, 11) is 2.89. The number of nitrogens with zero attached hydrogens (tertiary/aromatic N) is 3. The zero-order valence-electron chi connectivity index (χ0n) is 12.1. The molecule has 0 unspecified atom stereocenters. The van der Waals surface area contributed by atoms with E-state index >= 15 is 0 Å². The molecule has 0 N–H and O–H groups in total. The first kappa shape index (κ1) is 15.7. The van der Waals surface area contributed by atoms with Gasteiger partial charge < -0.3 is 4.42 Å². The van der Waals surface area contributed by atoms with Crippen LogP contribution in [0.25, 0.3) is 11.1 Å². The number of oxazole rings is 1. The summed E-state index contributed by atoms with van der Waals surface area (Å²) in [5.41, 5.74) is 0.466. The van der Waals surface area contributed by atoms with Crippen molar-refractivity contribution < 1.29 is 19.0 Å². The molecule has 9 nitrogen and oxygen atoms in total. The van der Waals surface area contributed by atoms with Gasteiger partial charge in [0.25, 0.3) is 5.69 Å². The van der Waals surface area contributed by atoms with Crippen molar-refractivity contribution in [2.75, 3.05) is 14.2 Å². The molecule has 0 aliphatic heterocycles. The second-order valence-corrected chi connectivity index (χ2v) is 4.61. The first-order valence-corrected chi connectivity index (χ1v) is 6.52. The molecule has 0 atom stereocenters. The summed E-state index contributed by atoms with van der Waals surface area (Å²) in [6, 6.07) is 3.97. The van der Waals surface area contributed by atoms with Gasteiger partial charge in [0.15, 0.2) is 5.58 Å². The van der Waals surface area contributed by atoms with Crippen molar-refractivity contribution in [3.8, 4) is 0 Å². The maximum Gasteiger partial charge on any atom is 0.419 e. The quantitative estimate of drug-likeness (QED) is 0.588. The molecule has 2 aromatic rings. The van der Waals surface area contributed by atoms with Crippen LogP contribution in [-0.2, 0) is 16.2 Å². The molecule has 1 amide bonds. The maximum atomic E-state index is 11.8. The average molecular weight is 309 g/mol. The number of nitro groups is 1. The second-order valence-electron chi connectivity index (χ2n) is 4.61. The van der Waals surface area contributed by atoms with Crippen LogP contribution in [0.5, 0.6) is 0 Å². The molecule has 0 saturated carbocycles. The molecule has 22 heavy (non-hydrogen) atoms. The lowest BCUT2D eigenvalue weighted by molar-refractivity contribution is -0.384. The van der Waals surface area contributed by atoms with Crippen molar-refractivity contribution in [1.82, 2.24) is 9.63 Å². The molecule has 1 aromatic heterocycles. The van der Waals surface area contributed by atoms with Crippen LogP contribution >= 0.6 is 0 Å².